The second kappa shape index (κ2) is 7.02. The van der Waals surface area contributed by atoms with Crippen LogP contribution < -0.4 is 4.90 Å². The van der Waals surface area contributed by atoms with Crippen LogP contribution in [0.25, 0.3) is 11.1 Å². The maximum absolute atomic E-state index is 10.9. The molecule has 1 aromatic heterocycles. The minimum Gasteiger partial charge on any atom is -0.481 e. The number of carboxylic acids is 1. The van der Waals surface area contributed by atoms with Crippen LogP contribution >= 0.6 is 11.6 Å². The molecule has 2 heterocycles. The van der Waals surface area contributed by atoms with Crippen molar-refractivity contribution in [2.45, 2.75) is 13.0 Å². The Hall–Kier alpha value is -2.05. The molecule has 2 aromatic rings. The number of carboxylic acid groups (broad SMARTS) is 1. The fourth-order valence-electron chi connectivity index (χ4n) is 2.69. The summed E-state index contributed by atoms with van der Waals surface area (Å²) in [6, 6.07) is 7.58. The summed E-state index contributed by atoms with van der Waals surface area (Å²) in [5.41, 5.74) is 1.99. The quantitative estimate of drug-likeness (QED) is 0.909. The molecule has 1 N–H and O–H groups in total. The van der Waals surface area contributed by atoms with Gasteiger partial charge < -0.3 is 14.7 Å². The average Bonchev–Trinajstić information content (AvgIpc) is 2.98. The van der Waals surface area contributed by atoms with Crippen LogP contribution in [-0.2, 0) is 16.1 Å². The largest absolute Gasteiger partial charge is 0.481 e. The number of rotatable bonds is 5. The number of halogens is 1. The summed E-state index contributed by atoms with van der Waals surface area (Å²) in [4.78, 5) is 13.1. The van der Waals surface area contributed by atoms with Gasteiger partial charge in [-0.3, -0.25) is 4.79 Å². The Kier molecular flexibility index (Phi) is 4.83. The lowest BCUT2D eigenvalue weighted by Gasteiger charge is -2.30. The molecule has 0 atom stereocenters. The van der Waals surface area contributed by atoms with Crippen molar-refractivity contribution in [3.8, 4) is 11.1 Å². The van der Waals surface area contributed by atoms with Crippen LogP contribution in [0.4, 0.5) is 5.82 Å². The van der Waals surface area contributed by atoms with Crippen LogP contribution in [0.15, 0.2) is 30.5 Å². The van der Waals surface area contributed by atoms with Crippen LogP contribution in [0, 0.1) is 0 Å². The second-order valence-electron chi connectivity index (χ2n) is 5.36. The highest BCUT2D eigenvalue weighted by Crippen LogP contribution is 2.32. The van der Waals surface area contributed by atoms with Crippen molar-refractivity contribution in [1.29, 1.82) is 0 Å². The van der Waals surface area contributed by atoms with Crippen molar-refractivity contribution in [2.24, 2.45) is 0 Å². The monoisotopic (exact) mass is 335 g/mol. The number of aliphatic carboxylic acids is 1. The van der Waals surface area contributed by atoms with Crippen LogP contribution in [-0.4, -0.2) is 47.2 Å². The van der Waals surface area contributed by atoms with Crippen molar-refractivity contribution in [3.05, 3.63) is 35.5 Å². The molecule has 0 aliphatic carbocycles. The molecule has 0 saturated carbocycles. The molecule has 1 fully saturated rings. The fraction of sp³-hybridized carbons (Fsp3) is 0.375. The molecule has 0 spiro atoms. The third-order valence-corrected chi connectivity index (χ3v) is 4.07. The SMILES string of the molecule is O=C(O)CCn1ncc(-c2ccc(Cl)cc2)c1N1CCOCC1. The summed E-state index contributed by atoms with van der Waals surface area (Å²) in [6.45, 7) is 3.18. The van der Waals surface area contributed by atoms with Crippen LogP contribution in [0.3, 0.4) is 0 Å². The molecule has 1 aliphatic rings. The number of carbonyl (C=O) groups is 1. The lowest BCUT2D eigenvalue weighted by atomic mass is 10.1. The molecule has 0 bridgehead atoms. The minimum atomic E-state index is -0.832. The van der Waals surface area contributed by atoms with E-state index in [4.69, 9.17) is 21.4 Å². The van der Waals surface area contributed by atoms with Crippen molar-refractivity contribution < 1.29 is 14.6 Å². The van der Waals surface area contributed by atoms with E-state index in [1.807, 2.05) is 24.3 Å². The Balaban J connectivity index is 1.97. The molecule has 122 valence electrons. The molecular weight excluding hydrogens is 318 g/mol. The van der Waals surface area contributed by atoms with E-state index in [0.717, 1.165) is 30.0 Å². The number of hydrogen-bond donors (Lipinski definition) is 1. The molecule has 1 aromatic carbocycles. The summed E-state index contributed by atoms with van der Waals surface area (Å²) in [5, 5.41) is 14.0. The Labute approximate surface area is 139 Å². The molecule has 23 heavy (non-hydrogen) atoms. The normalized spacial score (nSPS) is 14.9. The zero-order valence-electron chi connectivity index (χ0n) is 12.6. The predicted molar refractivity (Wildman–Crippen MR) is 88.0 cm³/mol. The van der Waals surface area contributed by atoms with Crippen molar-refractivity contribution >= 4 is 23.4 Å². The van der Waals surface area contributed by atoms with Gasteiger partial charge in [-0.2, -0.15) is 5.10 Å². The topological polar surface area (TPSA) is 67.6 Å². The van der Waals surface area contributed by atoms with Gasteiger partial charge in [-0.05, 0) is 17.7 Å². The van der Waals surface area contributed by atoms with Gasteiger partial charge in [0.25, 0.3) is 0 Å². The first-order chi connectivity index (χ1) is 11.1. The summed E-state index contributed by atoms with van der Waals surface area (Å²) in [6.07, 6.45) is 1.83. The predicted octanol–water partition coefficient (Wildman–Crippen LogP) is 2.51. The zero-order valence-corrected chi connectivity index (χ0v) is 13.4. The zero-order chi connectivity index (χ0) is 16.2. The Morgan fingerprint density at radius 3 is 2.61 bits per heavy atom. The lowest BCUT2D eigenvalue weighted by Crippen LogP contribution is -2.38. The minimum absolute atomic E-state index is 0.0408. The maximum Gasteiger partial charge on any atom is 0.305 e. The van der Waals surface area contributed by atoms with Crippen LogP contribution in [0.2, 0.25) is 5.02 Å². The number of aromatic nitrogens is 2. The van der Waals surface area contributed by atoms with Gasteiger partial charge in [0, 0.05) is 23.7 Å². The van der Waals surface area contributed by atoms with E-state index >= 15 is 0 Å². The van der Waals surface area contributed by atoms with Gasteiger partial charge in [0.15, 0.2) is 0 Å². The van der Waals surface area contributed by atoms with E-state index in [2.05, 4.69) is 10.00 Å². The van der Waals surface area contributed by atoms with E-state index in [0.29, 0.717) is 24.8 Å². The number of morpholine rings is 1. The van der Waals surface area contributed by atoms with Gasteiger partial charge in [0.05, 0.1) is 32.4 Å². The maximum atomic E-state index is 10.9. The van der Waals surface area contributed by atoms with Gasteiger partial charge in [-0.15, -0.1) is 0 Å². The van der Waals surface area contributed by atoms with Crippen LogP contribution in [0.5, 0.6) is 0 Å². The van der Waals surface area contributed by atoms with Gasteiger partial charge in [-0.25, -0.2) is 4.68 Å². The molecule has 6 nitrogen and oxygen atoms in total. The van der Waals surface area contributed by atoms with Crippen molar-refractivity contribution in [1.82, 2.24) is 9.78 Å². The van der Waals surface area contributed by atoms with E-state index in [-0.39, 0.29) is 6.42 Å². The highest BCUT2D eigenvalue weighted by molar-refractivity contribution is 6.30. The van der Waals surface area contributed by atoms with Crippen molar-refractivity contribution in [2.75, 3.05) is 31.2 Å². The second-order valence-corrected chi connectivity index (χ2v) is 5.79. The van der Waals surface area contributed by atoms with E-state index < -0.39 is 5.97 Å². The number of benzene rings is 1. The Morgan fingerprint density at radius 1 is 1.26 bits per heavy atom. The number of hydrogen-bond acceptors (Lipinski definition) is 4. The van der Waals surface area contributed by atoms with Gasteiger partial charge >= 0.3 is 5.97 Å². The highest BCUT2D eigenvalue weighted by atomic mass is 35.5. The van der Waals surface area contributed by atoms with Crippen LogP contribution in [0.1, 0.15) is 6.42 Å². The Morgan fingerprint density at radius 2 is 1.96 bits per heavy atom. The first-order valence-electron chi connectivity index (χ1n) is 7.51. The first-order valence-corrected chi connectivity index (χ1v) is 7.89. The van der Waals surface area contributed by atoms with Gasteiger partial charge in [0.1, 0.15) is 5.82 Å². The molecule has 1 saturated heterocycles. The molecule has 0 amide bonds. The number of ether oxygens (including phenoxy) is 1. The summed E-state index contributed by atoms with van der Waals surface area (Å²) >= 11 is 5.96. The third kappa shape index (κ3) is 3.65. The summed E-state index contributed by atoms with van der Waals surface area (Å²) in [5.74, 6) is 0.110. The lowest BCUT2D eigenvalue weighted by molar-refractivity contribution is -0.137. The average molecular weight is 336 g/mol. The van der Waals surface area contributed by atoms with E-state index in [9.17, 15) is 4.79 Å². The fourth-order valence-corrected chi connectivity index (χ4v) is 2.81. The summed E-state index contributed by atoms with van der Waals surface area (Å²) in [7, 11) is 0. The molecular formula is C16H18ClN3O3. The number of nitrogens with zero attached hydrogens (tertiary/aromatic N) is 3. The van der Waals surface area contributed by atoms with Crippen molar-refractivity contribution in [3.63, 3.8) is 0 Å². The Bertz CT molecular complexity index is 678. The third-order valence-electron chi connectivity index (χ3n) is 3.81. The van der Waals surface area contributed by atoms with E-state index in [1.165, 1.54) is 0 Å². The molecule has 7 heteroatoms. The first kappa shape index (κ1) is 15.8. The molecule has 1 aliphatic heterocycles. The molecule has 0 unspecified atom stereocenters. The molecule has 0 radical (unpaired) electrons. The van der Waals surface area contributed by atoms with E-state index in [1.54, 1.807) is 10.9 Å². The standard InChI is InChI=1S/C16H18ClN3O3/c17-13-3-1-12(2-4-13)14-11-18-20(6-5-15(21)22)16(14)19-7-9-23-10-8-19/h1-4,11H,5-10H2,(H,21,22). The summed E-state index contributed by atoms with van der Waals surface area (Å²) < 4.78 is 7.18. The number of aryl methyl sites for hydroxylation is 1. The smallest absolute Gasteiger partial charge is 0.305 e. The van der Waals surface area contributed by atoms with Gasteiger partial charge in [0.2, 0.25) is 0 Å². The number of anilines is 1. The highest BCUT2D eigenvalue weighted by Gasteiger charge is 2.21. The molecule has 3 rings (SSSR count). The van der Waals surface area contributed by atoms with Gasteiger partial charge in [-0.1, -0.05) is 23.7 Å².